The lowest BCUT2D eigenvalue weighted by atomic mass is 10.1. The Kier molecular flexibility index (Phi) is 2.73. The van der Waals surface area contributed by atoms with Gasteiger partial charge in [-0.2, -0.15) is 4.98 Å². The van der Waals surface area contributed by atoms with Crippen LogP contribution in [-0.2, 0) is 11.3 Å². The molecule has 0 radical (unpaired) electrons. The molecule has 4 N–H and O–H groups in total. The zero-order chi connectivity index (χ0) is 13.3. The van der Waals surface area contributed by atoms with E-state index in [1.54, 1.807) is 0 Å². The molecule has 0 aliphatic carbocycles. The number of aromatic nitrogens is 5. The van der Waals surface area contributed by atoms with Crippen LogP contribution < -0.4 is 11.4 Å². The van der Waals surface area contributed by atoms with E-state index in [1.165, 1.54) is 4.68 Å². The van der Waals surface area contributed by atoms with Crippen molar-refractivity contribution in [2.24, 2.45) is 0 Å². The molecule has 0 saturated carbocycles. The van der Waals surface area contributed by atoms with Crippen molar-refractivity contribution in [1.29, 1.82) is 0 Å². The number of ether oxygens (including phenoxy) is 1. The number of rotatable bonds is 0. The molecule has 0 amide bonds. The van der Waals surface area contributed by atoms with Crippen molar-refractivity contribution in [1.82, 2.24) is 24.5 Å². The Morgan fingerprint density at radius 1 is 1.35 bits per heavy atom. The lowest BCUT2D eigenvalue weighted by Crippen LogP contribution is -2.39. The van der Waals surface area contributed by atoms with Crippen LogP contribution in [0.3, 0.4) is 0 Å². The minimum atomic E-state index is -1.21. The maximum absolute atomic E-state index is 12.0. The second-order valence-electron chi connectivity index (χ2n) is 4.64. The van der Waals surface area contributed by atoms with E-state index < -0.39 is 30.2 Å². The van der Waals surface area contributed by atoms with E-state index in [9.17, 15) is 15.0 Å². The van der Waals surface area contributed by atoms with E-state index in [2.05, 4.69) is 15.3 Å². The average Bonchev–Trinajstić information content (AvgIpc) is 2.82. The highest BCUT2D eigenvalue weighted by Gasteiger charge is 2.47. The molecule has 11 heteroatoms. The highest BCUT2D eigenvalue weighted by atomic mass is 35.5. The van der Waals surface area contributed by atoms with E-state index >= 15 is 0 Å². The van der Waals surface area contributed by atoms with Gasteiger partial charge >= 0.3 is 5.69 Å². The van der Waals surface area contributed by atoms with Gasteiger partial charge in [0.2, 0.25) is 0 Å². The quantitative estimate of drug-likeness (QED) is 0.490. The lowest BCUT2D eigenvalue weighted by Gasteiger charge is -2.19. The summed E-state index contributed by atoms with van der Waals surface area (Å²) in [5.74, 6) is -0.0182. The standard InChI is InChI=1S/C9H10N6O4.ClH/c10-6-3-7-14(13-12-3)1-2-4(16)5(17)8(19-2)15(7)9(18)11-6;/h2,4-5,8,16-17H,1H2,(H2,10,11,18);1H/t2-,4-,5-,8-;/m1./s1. The van der Waals surface area contributed by atoms with Crippen molar-refractivity contribution in [3.05, 3.63) is 10.5 Å². The van der Waals surface area contributed by atoms with Gasteiger partial charge in [-0.15, -0.1) is 17.5 Å². The van der Waals surface area contributed by atoms with Crippen molar-refractivity contribution in [3.63, 3.8) is 0 Å². The van der Waals surface area contributed by atoms with Crippen LogP contribution in [0, 0.1) is 0 Å². The third kappa shape index (κ3) is 1.44. The number of halogens is 1. The van der Waals surface area contributed by atoms with Crippen molar-refractivity contribution in [2.45, 2.75) is 31.1 Å². The summed E-state index contributed by atoms with van der Waals surface area (Å²) in [6.07, 6.45) is -3.98. The molecule has 2 bridgehead atoms. The molecule has 108 valence electrons. The zero-order valence-electron chi connectivity index (χ0n) is 9.95. The van der Waals surface area contributed by atoms with Crippen LogP contribution >= 0.6 is 12.4 Å². The highest BCUT2D eigenvalue weighted by molar-refractivity contribution is 5.85. The van der Waals surface area contributed by atoms with Crippen molar-refractivity contribution < 1.29 is 14.9 Å². The Bertz CT molecular complexity index is 744. The summed E-state index contributed by atoms with van der Waals surface area (Å²) < 4.78 is 8.05. The largest absolute Gasteiger partial charge is 0.387 e. The van der Waals surface area contributed by atoms with E-state index in [-0.39, 0.29) is 30.3 Å². The van der Waals surface area contributed by atoms with Gasteiger partial charge in [0.1, 0.15) is 18.3 Å². The van der Waals surface area contributed by atoms with Crippen molar-refractivity contribution in [2.75, 3.05) is 5.73 Å². The number of hydrogen-bond donors (Lipinski definition) is 3. The topological polar surface area (TPSA) is 141 Å². The molecule has 2 aromatic rings. The zero-order valence-corrected chi connectivity index (χ0v) is 10.8. The highest BCUT2D eigenvalue weighted by Crippen LogP contribution is 2.34. The predicted molar refractivity (Wildman–Crippen MR) is 67.2 cm³/mol. The molecule has 2 aliphatic heterocycles. The van der Waals surface area contributed by atoms with Crippen LogP contribution in [-0.4, -0.2) is 53.1 Å². The summed E-state index contributed by atoms with van der Waals surface area (Å²) in [6.45, 7) is 0.175. The Hall–Kier alpha value is -1.75. The molecule has 20 heavy (non-hydrogen) atoms. The fourth-order valence-electron chi connectivity index (χ4n) is 2.63. The van der Waals surface area contributed by atoms with Crippen LogP contribution in [0.4, 0.5) is 5.82 Å². The number of anilines is 1. The summed E-state index contributed by atoms with van der Waals surface area (Å²) in [5, 5.41) is 27.6. The molecule has 0 aromatic carbocycles. The Morgan fingerprint density at radius 2 is 2.10 bits per heavy atom. The number of nitrogens with zero attached hydrogens (tertiary/aromatic N) is 5. The Balaban J connectivity index is 0.00000121. The monoisotopic (exact) mass is 302 g/mol. The van der Waals surface area contributed by atoms with Crippen molar-refractivity contribution >= 4 is 29.4 Å². The molecule has 4 atom stereocenters. The molecule has 0 unspecified atom stereocenters. The predicted octanol–water partition coefficient (Wildman–Crippen LogP) is -2.38. The van der Waals surface area contributed by atoms with Crippen LogP contribution in [0.15, 0.2) is 4.79 Å². The van der Waals surface area contributed by atoms with Crippen LogP contribution in [0.2, 0.25) is 0 Å². The third-order valence-corrected chi connectivity index (χ3v) is 3.55. The minimum absolute atomic E-state index is 0. The van der Waals surface area contributed by atoms with Gasteiger partial charge in [0.15, 0.2) is 23.2 Å². The molecule has 0 spiro atoms. The van der Waals surface area contributed by atoms with E-state index in [1.807, 2.05) is 0 Å². The second-order valence-corrected chi connectivity index (χ2v) is 4.64. The van der Waals surface area contributed by atoms with Gasteiger partial charge < -0.3 is 20.7 Å². The normalized spacial score (nSPS) is 31.1. The van der Waals surface area contributed by atoms with Gasteiger partial charge in [0.05, 0.1) is 6.54 Å². The molecule has 2 aromatic heterocycles. The molecule has 1 saturated heterocycles. The number of fused-ring (bicyclic) bond motifs is 3. The Morgan fingerprint density at radius 3 is 2.85 bits per heavy atom. The van der Waals surface area contributed by atoms with E-state index in [0.717, 1.165) is 4.57 Å². The van der Waals surface area contributed by atoms with Gasteiger partial charge in [0.25, 0.3) is 0 Å². The first-order valence-corrected chi connectivity index (χ1v) is 5.70. The molecular weight excluding hydrogens is 292 g/mol. The summed E-state index contributed by atoms with van der Waals surface area (Å²) >= 11 is 0. The molecular formula is C9H11ClN6O4. The number of nitrogens with two attached hydrogens (primary N) is 1. The molecule has 10 nitrogen and oxygen atoms in total. The first kappa shape index (κ1) is 13.2. The number of aliphatic hydroxyl groups is 2. The van der Waals surface area contributed by atoms with Gasteiger partial charge in [-0.05, 0) is 0 Å². The first-order valence-electron chi connectivity index (χ1n) is 5.70. The average molecular weight is 303 g/mol. The van der Waals surface area contributed by atoms with Crippen molar-refractivity contribution in [3.8, 4) is 0 Å². The smallest absolute Gasteiger partial charge is 0.353 e. The summed E-state index contributed by atoms with van der Waals surface area (Å²) in [4.78, 5) is 15.6. The fourth-order valence-corrected chi connectivity index (χ4v) is 2.63. The maximum Gasteiger partial charge on any atom is 0.353 e. The number of aliphatic hydroxyl groups excluding tert-OH is 2. The maximum atomic E-state index is 12.0. The molecule has 4 rings (SSSR count). The van der Waals surface area contributed by atoms with Gasteiger partial charge in [-0.25, -0.2) is 14.0 Å². The lowest BCUT2D eigenvalue weighted by molar-refractivity contribution is -0.0357. The number of hydrogen-bond acceptors (Lipinski definition) is 8. The summed E-state index contributed by atoms with van der Waals surface area (Å²) in [7, 11) is 0. The fraction of sp³-hybridized carbons (Fsp3) is 0.556. The molecule has 4 heterocycles. The van der Waals surface area contributed by atoms with Gasteiger partial charge in [0, 0.05) is 0 Å². The molecule has 1 fully saturated rings. The Labute approximate surface area is 117 Å². The van der Waals surface area contributed by atoms with E-state index in [4.69, 9.17) is 10.5 Å². The summed E-state index contributed by atoms with van der Waals surface area (Å²) in [5.41, 5.74) is 5.58. The van der Waals surface area contributed by atoms with Gasteiger partial charge in [-0.3, -0.25) is 0 Å². The van der Waals surface area contributed by atoms with E-state index in [0.29, 0.717) is 5.65 Å². The second kappa shape index (κ2) is 4.12. The van der Waals surface area contributed by atoms with Crippen LogP contribution in [0.1, 0.15) is 6.23 Å². The van der Waals surface area contributed by atoms with Crippen LogP contribution in [0.5, 0.6) is 0 Å². The summed E-state index contributed by atoms with van der Waals surface area (Å²) in [6, 6.07) is 0. The first-order chi connectivity index (χ1) is 9.08. The third-order valence-electron chi connectivity index (χ3n) is 3.55. The van der Waals surface area contributed by atoms with Crippen LogP contribution in [0.25, 0.3) is 11.2 Å². The SMILES string of the molecule is Cl.Nc1nc(=O)n2c3c1nnn3C[C@H]1O[C@@H]2[C@H](O)[C@@H]1O. The van der Waals surface area contributed by atoms with Gasteiger partial charge in [-0.1, -0.05) is 5.21 Å². The molecule has 2 aliphatic rings. The number of nitrogen functional groups attached to an aromatic ring is 1. The minimum Gasteiger partial charge on any atom is -0.387 e.